The lowest BCUT2D eigenvalue weighted by molar-refractivity contribution is -0.384. The van der Waals surface area contributed by atoms with Crippen molar-refractivity contribution in [2.45, 2.75) is 0 Å². The Bertz CT molecular complexity index is 1070. The summed E-state index contributed by atoms with van der Waals surface area (Å²) in [6.45, 7) is 2.08. The number of nitrogens with zero attached hydrogens (tertiary/aromatic N) is 5. The molecule has 0 saturated carbocycles. The second kappa shape index (κ2) is 6.80. The molecule has 1 fully saturated rings. The van der Waals surface area contributed by atoms with Crippen LogP contribution in [0, 0.1) is 10.1 Å². The number of aromatic nitrogens is 2. The van der Waals surface area contributed by atoms with Crippen LogP contribution < -0.4 is 10.5 Å². The van der Waals surface area contributed by atoms with Gasteiger partial charge in [-0.15, -0.1) is 11.3 Å². The number of hydrogen-bond donors (Lipinski definition) is 0. The first-order valence-corrected chi connectivity index (χ1v) is 9.16. The van der Waals surface area contributed by atoms with Crippen LogP contribution in [-0.4, -0.2) is 51.3 Å². The molecule has 0 atom stereocenters. The summed E-state index contributed by atoms with van der Waals surface area (Å²) in [5, 5.41) is 12.5. The molecule has 0 unspecified atom stereocenters. The summed E-state index contributed by atoms with van der Waals surface area (Å²) in [6.07, 6.45) is 2.96. The summed E-state index contributed by atoms with van der Waals surface area (Å²) in [5.74, 6) is -0.323. The number of rotatable bonds is 3. The predicted octanol–water partition coefficient (Wildman–Crippen LogP) is 1.63. The lowest BCUT2D eigenvalue weighted by Gasteiger charge is -2.36. The van der Waals surface area contributed by atoms with Crippen molar-refractivity contribution in [3.63, 3.8) is 0 Å². The first-order valence-electron chi connectivity index (χ1n) is 8.28. The zero-order chi connectivity index (χ0) is 19.0. The minimum Gasteiger partial charge on any atom is -0.368 e. The molecule has 0 bridgehead atoms. The zero-order valence-corrected chi connectivity index (χ0v) is 15.0. The number of fused-ring (bicyclic) bond motifs is 1. The minimum atomic E-state index is -0.433. The Hall–Kier alpha value is -3.27. The first-order chi connectivity index (χ1) is 13.0. The van der Waals surface area contributed by atoms with Crippen LogP contribution in [0.5, 0.6) is 0 Å². The maximum Gasteiger partial charge on any atom is 0.271 e. The number of non-ortho nitro benzene ring substituents is 1. The van der Waals surface area contributed by atoms with Crippen molar-refractivity contribution >= 4 is 33.6 Å². The van der Waals surface area contributed by atoms with Gasteiger partial charge in [-0.3, -0.25) is 24.1 Å². The molecule has 27 heavy (non-hydrogen) atoms. The number of hydrogen-bond acceptors (Lipinski definition) is 7. The molecule has 0 radical (unpaired) electrons. The third kappa shape index (κ3) is 3.14. The Morgan fingerprint density at radius 3 is 2.52 bits per heavy atom. The van der Waals surface area contributed by atoms with E-state index in [1.807, 2.05) is 0 Å². The molecule has 0 aliphatic carbocycles. The van der Waals surface area contributed by atoms with E-state index in [0.29, 0.717) is 31.1 Å². The van der Waals surface area contributed by atoms with Crippen LogP contribution in [0.3, 0.4) is 0 Å². The molecular weight excluding hydrogens is 370 g/mol. The predicted molar refractivity (Wildman–Crippen MR) is 101 cm³/mol. The second-order valence-electron chi connectivity index (χ2n) is 6.09. The topological polar surface area (TPSA) is 101 Å². The fourth-order valence-electron chi connectivity index (χ4n) is 3.09. The summed E-state index contributed by atoms with van der Waals surface area (Å²) < 4.78 is 1.38. The number of nitro groups is 1. The number of nitro benzene ring substituents is 1. The number of thiazole rings is 1. The zero-order valence-electron chi connectivity index (χ0n) is 14.1. The van der Waals surface area contributed by atoms with Crippen molar-refractivity contribution in [1.82, 2.24) is 14.3 Å². The van der Waals surface area contributed by atoms with E-state index in [4.69, 9.17) is 0 Å². The van der Waals surface area contributed by atoms with Crippen molar-refractivity contribution in [1.29, 1.82) is 0 Å². The molecule has 0 spiro atoms. The van der Waals surface area contributed by atoms with Gasteiger partial charge in [0.25, 0.3) is 17.2 Å². The number of piperazine rings is 1. The van der Waals surface area contributed by atoms with Gasteiger partial charge in [0.15, 0.2) is 4.96 Å². The molecule has 1 aromatic carbocycles. The van der Waals surface area contributed by atoms with Gasteiger partial charge in [-0.2, -0.15) is 0 Å². The van der Waals surface area contributed by atoms with Crippen molar-refractivity contribution in [3.8, 4) is 0 Å². The van der Waals surface area contributed by atoms with Gasteiger partial charge >= 0.3 is 0 Å². The fourth-order valence-corrected chi connectivity index (χ4v) is 3.77. The normalized spacial score (nSPS) is 14.5. The summed E-state index contributed by atoms with van der Waals surface area (Å²) in [4.78, 5) is 43.9. The molecule has 138 valence electrons. The van der Waals surface area contributed by atoms with Gasteiger partial charge in [-0.25, -0.2) is 4.98 Å². The Balaban J connectivity index is 1.46. The fraction of sp³-hybridized carbons (Fsp3) is 0.235. The van der Waals surface area contributed by atoms with E-state index in [9.17, 15) is 19.7 Å². The van der Waals surface area contributed by atoms with Crippen LogP contribution in [0.4, 0.5) is 11.4 Å². The highest BCUT2D eigenvalue weighted by Gasteiger charge is 2.25. The molecule has 10 heteroatoms. The molecule has 1 aliphatic rings. The van der Waals surface area contributed by atoms with E-state index < -0.39 is 4.92 Å². The highest BCUT2D eigenvalue weighted by Crippen LogP contribution is 2.21. The van der Waals surface area contributed by atoms with E-state index in [1.165, 1.54) is 34.1 Å². The van der Waals surface area contributed by atoms with Crippen molar-refractivity contribution in [3.05, 3.63) is 68.1 Å². The van der Waals surface area contributed by atoms with Gasteiger partial charge in [-0.1, -0.05) is 0 Å². The third-order valence-electron chi connectivity index (χ3n) is 4.57. The van der Waals surface area contributed by atoms with E-state index in [-0.39, 0.29) is 22.7 Å². The number of anilines is 1. The summed E-state index contributed by atoms with van der Waals surface area (Å²) in [6, 6.07) is 6.35. The Kier molecular flexibility index (Phi) is 4.32. The Morgan fingerprint density at radius 1 is 1.15 bits per heavy atom. The first kappa shape index (κ1) is 17.2. The Morgan fingerprint density at radius 2 is 1.85 bits per heavy atom. The molecule has 4 rings (SSSR count). The maximum absolute atomic E-state index is 12.7. The number of carbonyl (C=O) groups excluding carboxylic acids is 1. The van der Waals surface area contributed by atoms with Gasteiger partial charge in [0.1, 0.15) is 5.56 Å². The quantitative estimate of drug-likeness (QED) is 0.502. The summed E-state index contributed by atoms with van der Waals surface area (Å²) in [5.41, 5.74) is 0.622. The highest BCUT2D eigenvalue weighted by atomic mass is 32.1. The molecule has 0 N–H and O–H groups in total. The average Bonchev–Trinajstić information content (AvgIpc) is 3.18. The number of carbonyl (C=O) groups is 1. The van der Waals surface area contributed by atoms with E-state index in [1.54, 1.807) is 28.6 Å². The maximum atomic E-state index is 12.7. The number of amides is 1. The molecule has 1 aliphatic heterocycles. The lowest BCUT2D eigenvalue weighted by atomic mass is 10.2. The van der Waals surface area contributed by atoms with Crippen LogP contribution in [0.1, 0.15) is 10.4 Å². The molecule has 9 nitrogen and oxygen atoms in total. The monoisotopic (exact) mass is 385 g/mol. The number of benzene rings is 1. The van der Waals surface area contributed by atoms with Crippen molar-refractivity contribution in [2.24, 2.45) is 0 Å². The van der Waals surface area contributed by atoms with E-state index >= 15 is 0 Å². The SMILES string of the molecule is O=C(c1cnc2sccn2c1=O)N1CCN(c2ccc([N+](=O)[O-])cc2)CC1. The van der Waals surface area contributed by atoms with Crippen molar-refractivity contribution in [2.75, 3.05) is 31.1 Å². The van der Waals surface area contributed by atoms with Gasteiger partial charge in [-0.05, 0) is 12.1 Å². The molecular formula is C17H15N5O4S. The molecule has 1 saturated heterocycles. The third-order valence-corrected chi connectivity index (χ3v) is 5.34. The summed E-state index contributed by atoms with van der Waals surface area (Å²) in [7, 11) is 0. The lowest BCUT2D eigenvalue weighted by Crippen LogP contribution is -2.49. The molecule has 2 aromatic heterocycles. The van der Waals surface area contributed by atoms with Gasteiger partial charge in [0, 0.05) is 61.8 Å². The standard InChI is InChI=1S/C17H15N5O4S/c23-15(14-11-18-17-21(16(14)24)9-10-27-17)20-7-5-19(6-8-20)12-1-3-13(4-2-12)22(25)26/h1-4,9-11H,5-8H2. The van der Waals surface area contributed by atoms with E-state index in [2.05, 4.69) is 9.88 Å². The van der Waals surface area contributed by atoms with Gasteiger partial charge in [0.2, 0.25) is 0 Å². The smallest absolute Gasteiger partial charge is 0.271 e. The highest BCUT2D eigenvalue weighted by molar-refractivity contribution is 7.15. The molecule has 3 heterocycles. The van der Waals surface area contributed by atoms with Crippen LogP contribution >= 0.6 is 11.3 Å². The second-order valence-corrected chi connectivity index (χ2v) is 6.96. The largest absolute Gasteiger partial charge is 0.368 e. The molecule has 3 aromatic rings. The van der Waals surface area contributed by atoms with Crippen LogP contribution in [-0.2, 0) is 0 Å². The minimum absolute atomic E-state index is 0.0457. The van der Waals surface area contributed by atoms with Crippen LogP contribution in [0.2, 0.25) is 0 Å². The van der Waals surface area contributed by atoms with Gasteiger partial charge in [0.05, 0.1) is 4.92 Å². The van der Waals surface area contributed by atoms with Crippen molar-refractivity contribution < 1.29 is 9.72 Å². The van der Waals surface area contributed by atoms with Gasteiger partial charge < -0.3 is 9.80 Å². The van der Waals surface area contributed by atoms with Crippen LogP contribution in [0.15, 0.2) is 46.8 Å². The summed E-state index contributed by atoms with van der Waals surface area (Å²) >= 11 is 1.34. The Labute approximate surface area is 157 Å². The van der Waals surface area contributed by atoms with E-state index in [0.717, 1.165) is 5.69 Å². The van der Waals surface area contributed by atoms with Crippen LogP contribution in [0.25, 0.3) is 4.96 Å². The average molecular weight is 385 g/mol. The molecule has 1 amide bonds.